The molecule has 2 rings (SSSR count). The summed E-state index contributed by atoms with van der Waals surface area (Å²) in [5.74, 6) is -2.20. The number of benzene rings is 2. The Kier molecular flexibility index (Phi) is 5.39. The number of aromatic hydroxyl groups is 2. The van der Waals surface area contributed by atoms with Crippen molar-refractivity contribution in [3.05, 3.63) is 53.1 Å². The maximum Gasteiger partial charge on any atom is 0.329 e. The predicted molar refractivity (Wildman–Crippen MR) is 90.2 cm³/mol. The summed E-state index contributed by atoms with van der Waals surface area (Å²) in [6.07, 6.45) is 0. The van der Waals surface area contributed by atoms with Crippen LogP contribution in [-0.4, -0.2) is 27.7 Å². The highest BCUT2D eigenvalue weighted by Gasteiger charge is 2.14. The average molecular weight is 348 g/mol. The number of nitrogens with zero attached hydrogens (tertiary/aromatic N) is 1. The Balaban J connectivity index is 2.02. The summed E-state index contributed by atoms with van der Waals surface area (Å²) in [5, 5.41) is 25.5. The van der Waals surface area contributed by atoms with E-state index in [0.29, 0.717) is 16.3 Å². The number of carbonyl (C=O) groups is 2. The van der Waals surface area contributed by atoms with Crippen molar-refractivity contribution in [3.8, 4) is 11.5 Å². The van der Waals surface area contributed by atoms with E-state index in [1.54, 1.807) is 18.2 Å². The molecule has 4 N–H and O–H groups in total. The molecule has 8 heteroatoms. The first-order chi connectivity index (χ1) is 11.4. The largest absolute Gasteiger partial charge is 0.508 e. The third kappa shape index (κ3) is 4.47. The number of hydrogen-bond donors (Lipinski definition) is 4. The van der Waals surface area contributed by atoms with Gasteiger partial charge in [-0.25, -0.2) is 5.43 Å². The lowest BCUT2D eigenvalue weighted by molar-refractivity contribution is -0.136. The van der Waals surface area contributed by atoms with Gasteiger partial charge in [-0.15, -0.1) is 0 Å². The van der Waals surface area contributed by atoms with E-state index in [9.17, 15) is 19.8 Å². The van der Waals surface area contributed by atoms with Crippen molar-refractivity contribution in [2.24, 2.45) is 5.10 Å². The number of hydrazone groups is 1. The first kappa shape index (κ1) is 17.3. The number of carbonyl (C=O) groups excluding carboxylic acids is 2. The molecule has 2 amide bonds. The maximum atomic E-state index is 11.8. The number of halogens is 1. The summed E-state index contributed by atoms with van der Waals surface area (Å²) in [4.78, 5) is 23.5. The van der Waals surface area contributed by atoms with Crippen LogP contribution in [0.1, 0.15) is 12.5 Å². The highest BCUT2D eigenvalue weighted by molar-refractivity contribution is 6.40. The highest BCUT2D eigenvalue weighted by Crippen LogP contribution is 2.22. The zero-order valence-corrected chi connectivity index (χ0v) is 13.3. The molecule has 0 fully saturated rings. The minimum atomic E-state index is -0.979. The number of rotatable bonds is 3. The zero-order valence-electron chi connectivity index (χ0n) is 12.6. The lowest BCUT2D eigenvalue weighted by Crippen LogP contribution is -2.32. The van der Waals surface area contributed by atoms with Gasteiger partial charge in [0.05, 0.1) is 5.71 Å². The van der Waals surface area contributed by atoms with Gasteiger partial charge >= 0.3 is 11.8 Å². The first-order valence-electron chi connectivity index (χ1n) is 6.80. The van der Waals surface area contributed by atoms with Gasteiger partial charge in [0.25, 0.3) is 0 Å². The van der Waals surface area contributed by atoms with E-state index < -0.39 is 11.8 Å². The standard InChI is InChI=1S/C16H14ClN3O4/c1-9(13-6-5-12(21)8-14(13)22)19-20-16(24)15(23)18-11-4-2-3-10(17)7-11/h2-8,21-22H,1H3,(H,18,23)(H,20,24)/b19-9+. The van der Waals surface area contributed by atoms with Crippen LogP contribution in [0.4, 0.5) is 5.69 Å². The Morgan fingerprint density at radius 3 is 2.50 bits per heavy atom. The van der Waals surface area contributed by atoms with Crippen LogP contribution in [0.15, 0.2) is 47.6 Å². The minimum absolute atomic E-state index is 0.103. The summed E-state index contributed by atoms with van der Waals surface area (Å²) in [6.45, 7) is 1.53. The average Bonchev–Trinajstić information content (AvgIpc) is 2.52. The summed E-state index contributed by atoms with van der Waals surface area (Å²) < 4.78 is 0. The van der Waals surface area contributed by atoms with Gasteiger partial charge in [0.15, 0.2) is 0 Å². The fourth-order valence-electron chi connectivity index (χ4n) is 1.83. The second-order valence-corrected chi connectivity index (χ2v) is 5.24. The monoisotopic (exact) mass is 347 g/mol. The van der Waals surface area contributed by atoms with Crippen LogP contribution < -0.4 is 10.7 Å². The minimum Gasteiger partial charge on any atom is -0.508 e. The smallest absolute Gasteiger partial charge is 0.329 e. The Morgan fingerprint density at radius 2 is 1.83 bits per heavy atom. The Hall–Kier alpha value is -3.06. The van der Waals surface area contributed by atoms with Crippen LogP contribution >= 0.6 is 11.6 Å². The molecule has 0 radical (unpaired) electrons. The molecule has 124 valence electrons. The molecule has 0 bridgehead atoms. The second kappa shape index (κ2) is 7.47. The van der Waals surface area contributed by atoms with Crippen molar-refractivity contribution >= 4 is 34.8 Å². The Morgan fingerprint density at radius 1 is 1.08 bits per heavy atom. The Labute approximate surface area is 142 Å². The van der Waals surface area contributed by atoms with E-state index in [2.05, 4.69) is 15.8 Å². The number of hydrogen-bond acceptors (Lipinski definition) is 5. The third-order valence-electron chi connectivity index (χ3n) is 2.98. The molecular formula is C16H14ClN3O4. The predicted octanol–water partition coefficient (Wildman–Crippen LogP) is 2.23. The summed E-state index contributed by atoms with van der Waals surface area (Å²) in [6, 6.07) is 10.3. The lowest BCUT2D eigenvalue weighted by Gasteiger charge is -2.06. The van der Waals surface area contributed by atoms with E-state index in [1.807, 2.05) is 0 Å². The van der Waals surface area contributed by atoms with Gasteiger partial charge in [0.2, 0.25) is 0 Å². The molecule has 0 aliphatic rings. The zero-order chi connectivity index (χ0) is 17.7. The van der Waals surface area contributed by atoms with Gasteiger partial charge in [-0.3, -0.25) is 9.59 Å². The summed E-state index contributed by atoms with van der Waals surface area (Å²) >= 11 is 5.79. The number of anilines is 1. The molecule has 0 aliphatic heterocycles. The molecule has 0 unspecified atom stereocenters. The van der Waals surface area contributed by atoms with Crippen molar-refractivity contribution in [1.29, 1.82) is 0 Å². The SMILES string of the molecule is C/C(=N\NC(=O)C(=O)Nc1cccc(Cl)c1)c1ccc(O)cc1O. The van der Waals surface area contributed by atoms with E-state index in [0.717, 1.165) is 6.07 Å². The number of amides is 2. The van der Waals surface area contributed by atoms with Crippen LogP contribution in [0, 0.1) is 0 Å². The van der Waals surface area contributed by atoms with E-state index in [1.165, 1.54) is 25.1 Å². The molecular weight excluding hydrogens is 334 g/mol. The van der Waals surface area contributed by atoms with Gasteiger partial charge < -0.3 is 15.5 Å². The van der Waals surface area contributed by atoms with Gasteiger partial charge in [-0.2, -0.15) is 5.10 Å². The van der Waals surface area contributed by atoms with E-state index in [4.69, 9.17) is 11.6 Å². The molecule has 24 heavy (non-hydrogen) atoms. The number of phenols is 2. The lowest BCUT2D eigenvalue weighted by atomic mass is 10.1. The van der Waals surface area contributed by atoms with Gasteiger partial charge in [-0.05, 0) is 37.3 Å². The fraction of sp³-hybridized carbons (Fsp3) is 0.0625. The van der Waals surface area contributed by atoms with Gasteiger partial charge in [0.1, 0.15) is 11.5 Å². The normalized spacial score (nSPS) is 11.0. The van der Waals surface area contributed by atoms with Crippen LogP contribution in [-0.2, 0) is 9.59 Å². The van der Waals surface area contributed by atoms with E-state index >= 15 is 0 Å². The van der Waals surface area contributed by atoms with Gasteiger partial charge in [-0.1, -0.05) is 17.7 Å². The fourth-order valence-corrected chi connectivity index (χ4v) is 2.02. The van der Waals surface area contributed by atoms with E-state index in [-0.39, 0.29) is 17.2 Å². The highest BCUT2D eigenvalue weighted by atomic mass is 35.5. The summed E-state index contributed by atoms with van der Waals surface area (Å²) in [5.41, 5.74) is 3.03. The molecule has 0 aliphatic carbocycles. The molecule has 2 aromatic carbocycles. The quantitative estimate of drug-likeness (QED) is 0.387. The molecule has 0 spiro atoms. The molecule has 2 aromatic rings. The van der Waals surface area contributed by atoms with Crippen molar-refractivity contribution in [3.63, 3.8) is 0 Å². The topological polar surface area (TPSA) is 111 Å². The van der Waals surface area contributed by atoms with Crippen LogP contribution in [0.2, 0.25) is 5.02 Å². The maximum absolute atomic E-state index is 11.8. The molecule has 7 nitrogen and oxygen atoms in total. The molecule has 0 heterocycles. The second-order valence-electron chi connectivity index (χ2n) is 4.80. The Bertz CT molecular complexity index is 821. The number of phenolic OH excluding ortho intramolecular Hbond substituents is 2. The van der Waals surface area contributed by atoms with Crippen LogP contribution in [0.3, 0.4) is 0 Å². The molecule has 0 saturated heterocycles. The number of nitrogens with one attached hydrogen (secondary N) is 2. The molecule has 0 aromatic heterocycles. The van der Waals surface area contributed by atoms with Crippen LogP contribution in [0.25, 0.3) is 0 Å². The van der Waals surface area contributed by atoms with Gasteiger partial charge in [0, 0.05) is 22.3 Å². The molecule has 0 atom stereocenters. The summed E-state index contributed by atoms with van der Waals surface area (Å²) in [7, 11) is 0. The van der Waals surface area contributed by atoms with Crippen molar-refractivity contribution in [2.45, 2.75) is 6.92 Å². The van der Waals surface area contributed by atoms with Crippen molar-refractivity contribution in [1.82, 2.24) is 5.43 Å². The molecule has 0 saturated carbocycles. The first-order valence-corrected chi connectivity index (χ1v) is 7.18. The van der Waals surface area contributed by atoms with Crippen molar-refractivity contribution < 1.29 is 19.8 Å². The van der Waals surface area contributed by atoms with Crippen LogP contribution in [0.5, 0.6) is 11.5 Å². The van der Waals surface area contributed by atoms with Crippen molar-refractivity contribution in [2.75, 3.05) is 5.32 Å². The third-order valence-corrected chi connectivity index (χ3v) is 3.22.